The van der Waals surface area contributed by atoms with E-state index in [2.05, 4.69) is 13.8 Å². The molecule has 0 bridgehead atoms. The summed E-state index contributed by atoms with van der Waals surface area (Å²) in [5.41, 5.74) is 5.53. The SMILES string of the molecule is CCOC1CC(N(C)C(=O)CCCCCCN)C1(C)C.Cl. The fraction of sp³-hybridized carbons (Fsp3) is 0.938. The van der Waals surface area contributed by atoms with Crippen molar-refractivity contribution in [1.82, 2.24) is 4.90 Å². The lowest BCUT2D eigenvalue weighted by atomic mass is 9.63. The molecule has 5 heteroatoms. The van der Waals surface area contributed by atoms with E-state index in [1.165, 1.54) is 0 Å². The van der Waals surface area contributed by atoms with Crippen molar-refractivity contribution in [2.45, 2.75) is 71.4 Å². The average molecular weight is 321 g/mol. The number of halogens is 1. The van der Waals surface area contributed by atoms with Gasteiger partial charge in [0.1, 0.15) is 0 Å². The van der Waals surface area contributed by atoms with Gasteiger partial charge >= 0.3 is 0 Å². The summed E-state index contributed by atoms with van der Waals surface area (Å²) in [6.07, 6.45) is 6.20. The van der Waals surface area contributed by atoms with Crippen LogP contribution in [-0.2, 0) is 9.53 Å². The Bertz CT molecular complexity index is 311. The van der Waals surface area contributed by atoms with Gasteiger partial charge in [0.2, 0.25) is 5.91 Å². The van der Waals surface area contributed by atoms with Crippen LogP contribution in [0.25, 0.3) is 0 Å². The number of carbonyl (C=O) groups excluding carboxylic acids is 1. The van der Waals surface area contributed by atoms with E-state index in [-0.39, 0.29) is 29.8 Å². The molecule has 2 atom stereocenters. The Hall–Kier alpha value is -0.320. The van der Waals surface area contributed by atoms with Crippen molar-refractivity contribution >= 4 is 18.3 Å². The summed E-state index contributed by atoms with van der Waals surface area (Å²) in [6.45, 7) is 7.93. The minimum Gasteiger partial charge on any atom is -0.378 e. The number of nitrogens with two attached hydrogens (primary N) is 1. The zero-order chi connectivity index (χ0) is 15.2. The van der Waals surface area contributed by atoms with Crippen LogP contribution < -0.4 is 5.73 Å². The second-order valence-corrected chi connectivity index (χ2v) is 6.47. The van der Waals surface area contributed by atoms with Crippen LogP contribution in [0.2, 0.25) is 0 Å². The van der Waals surface area contributed by atoms with Crippen molar-refractivity contribution in [3.63, 3.8) is 0 Å². The predicted molar refractivity (Wildman–Crippen MR) is 89.8 cm³/mol. The topological polar surface area (TPSA) is 55.6 Å². The summed E-state index contributed by atoms with van der Waals surface area (Å²) in [5, 5.41) is 0. The van der Waals surface area contributed by atoms with E-state index in [1.54, 1.807) is 0 Å². The maximum absolute atomic E-state index is 12.2. The minimum absolute atomic E-state index is 0. The molecule has 0 radical (unpaired) electrons. The summed E-state index contributed by atoms with van der Waals surface area (Å²) < 4.78 is 5.73. The molecule has 0 heterocycles. The Balaban J connectivity index is 0.00000400. The van der Waals surface area contributed by atoms with Crippen LogP contribution >= 0.6 is 12.4 Å². The molecule has 2 N–H and O–H groups in total. The van der Waals surface area contributed by atoms with Gasteiger partial charge in [-0.3, -0.25) is 4.79 Å². The molecule has 1 fully saturated rings. The Labute approximate surface area is 136 Å². The van der Waals surface area contributed by atoms with Gasteiger partial charge in [0.15, 0.2) is 0 Å². The Morgan fingerprint density at radius 2 is 1.90 bits per heavy atom. The molecule has 1 aliphatic carbocycles. The summed E-state index contributed by atoms with van der Waals surface area (Å²) in [5.74, 6) is 0.269. The maximum atomic E-state index is 12.2. The molecule has 1 rings (SSSR count). The number of hydrogen-bond acceptors (Lipinski definition) is 3. The van der Waals surface area contributed by atoms with E-state index in [4.69, 9.17) is 10.5 Å². The third-order valence-electron chi connectivity index (χ3n) is 4.70. The summed E-state index contributed by atoms with van der Waals surface area (Å²) >= 11 is 0. The number of amides is 1. The van der Waals surface area contributed by atoms with Crippen molar-refractivity contribution in [1.29, 1.82) is 0 Å². The molecule has 0 aromatic carbocycles. The third kappa shape index (κ3) is 5.42. The van der Waals surface area contributed by atoms with Crippen LogP contribution in [0.4, 0.5) is 0 Å². The van der Waals surface area contributed by atoms with Gasteiger partial charge in [-0.15, -0.1) is 12.4 Å². The minimum atomic E-state index is 0. The Morgan fingerprint density at radius 3 is 2.43 bits per heavy atom. The number of nitrogens with zero attached hydrogens (tertiary/aromatic N) is 1. The molecule has 2 unspecified atom stereocenters. The summed E-state index contributed by atoms with van der Waals surface area (Å²) in [4.78, 5) is 14.2. The number of hydrogen-bond donors (Lipinski definition) is 1. The molecular formula is C16H33ClN2O2. The first-order chi connectivity index (χ1) is 9.45. The van der Waals surface area contributed by atoms with Crippen molar-refractivity contribution in [3.05, 3.63) is 0 Å². The van der Waals surface area contributed by atoms with E-state index < -0.39 is 0 Å². The molecule has 1 aliphatic rings. The first-order valence-electron chi connectivity index (χ1n) is 8.02. The van der Waals surface area contributed by atoms with Gasteiger partial charge in [0.05, 0.1) is 6.10 Å². The second-order valence-electron chi connectivity index (χ2n) is 6.47. The Morgan fingerprint density at radius 1 is 1.29 bits per heavy atom. The highest BCUT2D eigenvalue weighted by atomic mass is 35.5. The fourth-order valence-corrected chi connectivity index (χ4v) is 3.13. The lowest BCUT2D eigenvalue weighted by Gasteiger charge is -2.54. The largest absolute Gasteiger partial charge is 0.378 e. The van der Waals surface area contributed by atoms with E-state index in [9.17, 15) is 4.79 Å². The molecule has 0 aromatic rings. The van der Waals surface area contributed by atoms with Crippen LogP contribution in [0, 0.1) is 5.41 Å². The average Bonchev–Trinajstić information content (AvgIpc) is 2.42. The van der Waals surface area contributed by atoms with Gasteiger partial charge in [-0.05, 0) is 32.7 Å². The van der Waals surface area contributed by atoms with Crippen molar-refractivity contribution < 1.29 is 9.53 Å². The molecule has 1 saturated carbocycles. The molecule has 0 saturated heterocycles. The molecule has 126 valence electrons. The van der Waals surface area contributed by atoms with Crippen LogP contribution in [0.3, 0.4) is 0 Å². The highest BCUT2D eigenvalue weighted by molar-refractivity contribution is 5.85. The monoisotopic (exact) mass is 320 g/mol. The molecule has 1 amide bonds. The fourth-order valence-electron chi connectivity index (χ4n) is 3.13. The van der Waals surface area contributed by atoms with E-state index in [0.29, 0.717) is 12.5 Å². The van der Waals surface area contributed by atoms with Gasteiger partial charge in [-0.25, -0.2) is 0 Å². The number of carbonyl (C=O) groups is 1. The molecule has 0 spiro atoms. The molecular weight excluding hydrogens is 288 g/mol. The zero-order valence-corrected chi connectivity index (χ0v) is 14.9. The molecule has 0 aromatic heterocycles. The molecule has 0 aliphatic heterocycles. The molecule has 21 heavy (non-hydrogen) atoms. The van der Waals surface area contributed by atoms with Gasteiger partial charge in [-0.2, -0.15) is 0 Å². The predicted octanol–water partition coefficient (Wildman–Crippen LogP) is 2.98. The highest BCUT2D eigenvalue weighted by Crippen LogP contribution is 2.45. The summed E-state index contributed by atoms with van der Waals surface area (Å²) in [7, 11) is 1.94. The van der Waals surface area contributed by atoms with Gasteiger partial charge in [0, 0.05) is 31.5 Å². The standard InChI is InChI=1S/C16H32N2O2.ClH/c1-5-20-14-12-13(16(14,2)3)18(4)15(19)10-8-6-7-9-11-17;/h13-14H,5-12,17H2,1-4H3;1H. The van der Waals surface area contributed by atoms with Crippen LogP contribution in [-0.4, -0.2) is 43.2 Å². The molecule has 4 nitrogen and oxygen atoms in total. The van der Waals surface area contributed by atoms with Crippen LogP contribution in [0.5, 0.6) is 0 Å². The third-order valence-corrected chi connectivity index (χ3v) is 4.70. The van der Waals surface area contributed by atoms with E-state index in [0.717, 1.165) is 45.3 Å². The maximum Gasteiger partial charge on any atom is 0.222 e. The van der Waals surface area contributed by atoms with Crippen LogP contribution in [0.1, 0.15) is 59.3 Å². The van der Waals surface area contributed by atoms with Crippen LogP contribution in [0.15, 0.2) is 0 Å². The quantitative estimate of drug-likeness (QED) is 0.664. The second kappa shape index (κ2) is 9.65. The first kappa shape index (κ1) is 20.7. The van der Waals surface area contributed by atoms with Crippen molar-refractivity contribution in [3.8, 4) is 0 Å². The van der Waals surface area contributed by atoms with Crippen molar-refractivity contribution in [2.75, 3.05) is 20.2 Å². The number of ether oxygens (including phenoxy) is 1. The van der Waals surface area contributed by atoms with Gasteiger partial charge < -0.3 is 15.4 Å². The highest BCUT2D eigenvalue weighted by Gasteiger charge is 2.51. The smallest absolute Gasteiger partial charge is 0.222 e. The normalized spacial score (nSPS) is 23.1. The Kier molecular flexibility index (Phi) is 9.50. The van der Waals surface area contributed by atoms with Crippen molar-refractivity contribution in [2.24, 2.45) is 11.1 Å². The number of unbranched alkanes of at least 4 members (excludes halogenated alkanes) is 3. The lowest BCUT2D eigenvalue weighted by Crippen LogP contribution is -2.62. The van der Waals surface area contributed by atoms with E-state index >= 15 is 0 Å². The lowest BCUT2D eigenvalue weighted by molar-refractivity contribution is -0.163. The van der Waals surface area contributed by atoms with Gasteiger partial charge in [-0.1, -0.05) is 26.7 Å². The van der Waals surface area contributed by atoms with Gasteiger partial charge in [0.25, 0.3) is 0 Å². The zero-order valence-electron chi connectivity index (χ0n) is 14.1. The summed E-state index contributed by atoms with van der Waals surface area (Å²) in [6, 6.07) is 0.315. The van der Waals surface area contributed by atoms with E-state index in [1.807, 2.05) is 18.9 Å². The first-order valence-corrected chi connectivity index (χ1v) is 8.02. The number of rotatable bonds is 9.